The largest absolute Gasteiger partial charge is 0.493 e. The van der Waals surface area contributed by atoms with Crippen molar-refractivity contribution >= 4 is 11.6 Å². The summed E-state index contributed by atoms with van der Waals surface area (Å²) in [6.07, 6.45) is 0.683. The van der Waals surface area contributed by atoms with E-state index in [2.05, 4.69) is 28.3 Å². The molecule has 2 aromatic carbocycles. The molecule has 25 heavy (non-hydrogen) atoms. The minimum absolute atomic E-state index is 0.0822. The zero-order valence-electron chi connectivity index (χ0n) is 14.6. The van der Waals surface area contributed by atoms with Gasteiger partial charge in [-0.15, -0.1) is 0 Å². The van der Waals surface area contributed by atoms with Gasteiger partial charge in [0.15, 0.2) is 11.5 Å². The highest BCUT2D eigenvalue weighted by molar-refractivity contribution is 5.96. The molecule has 3 rings (SSSR count). The number of hydrogen-bond donors (Lipinski definition) is 3. The first-order chi connectivity index (χ1) is 12.1. The number of methoxy groups -OCH3 is 2. The van der Waals surface area contributed by atoms with Crippen molar-refractivity contribution < 1.29 is 14.3 Å². The van der Waals surface area contributed by atoms with E-state index in [4.69, 9.17) is 9.47 Å². The number of hydrazine groups is 1. The maximum Gasteiger partial charge on any atom is 0.242 e. The summed E-state index contributed by atoms with van der Waals surface area (Å²) < 4.78 is 10.6. The molecule has 1 amide bonds. The number of ether oxygens (including phenoxy) is 2. The summed E-state index contributed by atoms with van der Waals surface area (Å²) in [7, 11) is 3.17. The third-order valence-electron chi connectivity index (χ3n) is 4.41. The lowest BCUT2D eigenvalue weighted by Gasteiger charge is -2.15. The van der Waals surface area contributed by atoms with E-state index in [-0.39, 0.29) is 18.0 Å². The average molecular weight is 341 g/mol. The molecule has 3 N–H and O–H groups in total. The minimum Gasteiger partial charge on any atom is -0.493 e. The van der Waals surface area contributed by atoms with Crippen LogP contribution in [0.15, 0.2) is 42.5 Å². The third kappa shape index (κ3) is 3.75. The standard InChI is InChI=1S/C19H23N3O3/c1-12-9-17(24-2)18(25-3)11-14(12)20-19(23)16-10-15(21-22-16)13-7-5-4-6-8-13/h4-9,11,15-16,21-22H,10H2,1-3H3,(H,20,23). The van der Waals surface area contributed by atoms with E-state index in [1.165, 1.54) is 0 Å². The number of aryl methyl sites for hydroxylation is 1. The molecule has 1 saturated heterocycles. The molecule has 132 valence electrons. The lowest BCUT2D eigenvalue weighted by molar-refractivity contribution is -0.117. The summed E-state index contributed by atoms with van der Waals surface area (Å²) in [5.74, 6) is 1.15. The maximum absolute atomic E-state index is 12.6. The predicted molar refractivity (Wildman–Crippen MR) is 96.8 cm³/mol. The fraction of sp³-hybridized carbons (Fsp3) is 0.316. The Balaban J connectivity index is 1.69. The highest BCUT2D eigenvalue weighted by Gasteiger charge is 2.30. The van der Waals surface area contributed by atoms with Gasteiger partial charge in [-0.3, -0.25) is 4.79 Å². The van der Waals surface area contributed by atoms with Crippen LogP contribution in [0.2, 0.25) is 0 Å². The first-order valence-corrected chi connectivity index (χ1v) is 8.22. The third-order valence-corrected chi connectivity index (χ3v) is 4.41. The quantitative estimate of drug-likeness (QED) is 0.780. The molecule has 0 spiro atoms. The van der Waals surface area contributed by atoms with Crippen LogP contribution in [0.1, 0.15) is 23.6 Å². The van der Waals surface area contributed by atoms with Gasteiger partial charge in [-0.2, -0.15) is 0 Å². The molecule has 2 unspecified atom stereocenters. The molecule has 0 radical (unpaired) electrons. The molecule has 1 fully saturated rings. The molecule has 1 heterocycles. The molecular weight excluding hydrogens is 318 g/mol. The second-order valence-electron chi connectivity index (χ2n) is 6.05. The van der Waals surface area contributed by atoms with E-state index in [0.717, 1.165) is 11.1 Å². The number of carbonyl (C=O) groups is 1. The molecule has 6 nitrogen and oxygen atoms in total. The predicted octanol–water partition coefficient (Wildman–Crippen LogP) is 2.56. The number of nitrogens with one attached hydrogen (secondary N) is 3. The summed E-state index contributed by atoms with van der Waals surface area (Å²) >= 11 is 0. The van der Waals surface area contributed by atoms with Crippen molar-refractivity contribution in [1.29, 1.82) is 0 Å². The molecule has 0 bridgehead atoms. The Morgan fingerprint density at radius 3 is 2.44 bits per heavy atom. The van der Waals surface area contributed by atoms with Crippen LogP contribution in [0.4, 0.5) is 5.69 Å². The fourth-order valence-electron chi connectivity index (χ4n) is 2.97. The zero-order chi connectivity index (χ0) is 17.8. The Bertz CT molecular complexity index is 749. The first-order valence-electron chi connectivity index (χ1n) is 8.22. The monoisotopic (exact) mass is 341 g/mol. The van der Waals surface area contributed by atoms with Gasteiger partial charge in [-0.25, -0.2) is 10.9 Å². The smallest absolute Gasteiger partial charge is 0.242 e. The van der Waals surface area contributed by atoms with Gasteiger partial charge in [0, 0.05) is 17.8 Å². The van der Waals surface area contributed by atoms with E-state index in [1.807, 2.05) is 31.2 Å². The maximum atomic E-state index is 12.6. The second-order valence-corrected chi connectivity index (χ2v) is 6.05. The van der Waals surface area contributed by atoms with Gasteiger partial charge < -0.3 is 14.8 Å². The number of anilines is 1. The Labute approximate surface area is 147 Å². The number of benzene rings is 2. The van der Waals surface area contributed by atoms with Crippen molar-refractivity contribution in [2.45, 2.75) is 25.4 Å². The van der Waals surface area contributed by atoms with E-state index >= 15 is 0 Å². The van der Waals surface area contributed by atoms with Crippen LogP contribution >= 0.6 is 0 Å². The van der Waals surface area contributed by atoms with Crippen LogP contribution in [0.25, 0.3) is 0 Å². The lowest BCUT2D eigenvalue weighted by atomic mass is 10.0. The van der Waals surface area contributed by atoms with Gasteiger partial charge in [0.1, 0.15) is 6.04 Å². The van der Waals surface area contributed by atoms with Crippen LogP contribution in [0, 0.1) is 6.92 Å². The van der Waals surface area contributed by atoms with Gasteiger partial charge in [-0.1, -0.05) is 30.3 Å². The molecule has 2 aromatic rings. The zero-order valence-corrected chi connectivity index (χ0v) is 14.6. The molecule has 6 heteroatoms. The van der Waals surface area contributed by atoms with Crippen LogP contribution in [-0.2, 0) is 4.79 Å². The number of rotatable bonds is 5. The van der Waals surface area contributed by atoms with Gasteiger partial charge in [0.05, 0.1) is 14.2 Å². The van der Waals surface area contributed by atoms with Crippen molar-refractivity contribution in [3.63, 3.8) is 0 Å². The SMILES string of the molecule is COc1cc(C)c(NC(=O)C2CC(c3ccccc3)NN2)cc1OC. The Morgan fingerprint density at radius 1 is 1.08 bits per heavy atom. The summed E-state index contributed by atoms with van der Waals surface area (Å²) in [5, 5.41) is 2.97. The van der Waals surface area contributed by atoms with Crippen molar-refractivity contribution in [3.8, 4) is 11.5 Å². The molecule has 0 aliphatic carbocycles. The molecule has 0 aromatic heterocycles. The molecular formula is C19H23N3O3. The van der Waals surface area contributed by atoms with Gasteiger partial charge >= 0.3 is 0 Å². The second kappa shape index (κ2) is 7.55. The summed E-state index contributed by atoms with van der Waals surface area (Å²) in [6, 6.07) is 13.5. The van der Waals surface area contributed by atoms with E-state index in [9.17, 15) is 4.79 Å². The van der Waals surface area contributed by atoms with Crippen LogP contribution in [0.5, 0.6) is 11.5 Å². The van der Waals surface area contributed by atoms with Crippen molar-refractivity contribution in [2.75, 3.05) is 19.5 Å². The highest BCUT2D eigenvalue weighted by atomic mass is 16.5. The number of carbonyl (C=O) groups excluding carboxylic acids is 1. The molecule has 1 aliphatic rings. The van der Waals surface area contributed by atoms with Gasteiger partial charge in [0.25, 0.3) is 0 Å². The summed E-state index contributed by atoms with van der Waals surface area (Å²) in [6.45, 7) is 1.92. The molecule has 1 aliphatic heterocycles. The van der Waals surface area contributed by atoms with Crippen molar-refractivity contribution in [1.82, 2.24) is 10.9 Å². The van der Waals surface area contributed by atoms with Crippen LogP contribution in [-0.4, -0.2) is 26.2 Å². The van der Waals surface area contributed by atoms with E-state index in [0.29, 0.717) is 23.6 Å². The summed E-state index contributed by atoms with van der Waals surface area (Å²) in [4.78, 5) is 12.6. The Kier molecular flexibility index (Phi) is 5.21. The van der Waals surface area contributed by atoms with Crippen LogP contribution < -0.4 is 25.6 Å². The first kappa shape index (κ1) is 17.3. The normalized spacial score (nSPS) is 19.5. The highest BCUT2D eigenvalue weighted by Crippen LogP contribution is 2.33. The van der Waals surface area contributed by atoms with Gasteiger partial charge in [-0.05, 0) is 30.5 Å². The molecule has 2 atom stereocenters. The minimum atomic E-state index is -0.308. The Hall–Kier alpha value is -2.57. The van der Waals surface area contributed by atoms with E-state index < -0.39 is 0 Å². The van der Waals surface area contributed by atoms with Crippen molar-refractivity contribution in [2.24, 2.45) is 0 Å². The number of hydrogen-bond acceptors (Lipinski definition) is 5. The topological polar surface area (TPSA) is 71.6 Å². The van der Waals surface area contributed by atoms with E-state index in [1.54, 1.807) is 20.3 Å². The number of amides is 1. The van der Waals surface area contributed by atoms with Gasteiger partial charge in [0.2, 0.25) is 5.91 Å². The fourth-order valence-corrected chi connectivity index (χ4v) is 2.97. The summed E-state index contributed by atoms with van der Waals surface area (Å²) in [5.41, 5.74) is 9.06. The molecule has 0 saturated carbocycles. The van der Waals surface area contributed by atoms with Crippen molar-refractivity contribution in [3.05, 3.63) is 53.6 Å². The lowest BCUT2D eigenvalue weighted by Crippen LogP contribution is -2.39. The Morgan fingerprint density at radius 2 is 1.76 bits per heavy atom. The average Bonchev–Trinajstić information content (AvgIpc) is 3.14. The van der Waals surface area contributed by atoms with Crippen LogP contribution in [0.3, 0.4) is 0 Å².